The van der Waals surface area contributed by atoms with Crippen molar-refractivity contribution in [2.75, 3.05) is 5.32 Å². The molecule has 1 aromatic heterocycles. The molecule has 0 aromatic carbocycles. The van der Waals surface area contributed by atoms with E-state index in [-0.39, 0.29) is 0 Å². The fraction of sp³-hybridized carbons (Fsp3) is 0.688. The lowest BCUT2D eigenvalue weighted by Crippen LogP contribution is -2.26. The Bertz CT molecular complexity index is 526. The van der Waals surface area contributed by atoms with Crippen LogP contribution in [0.4, 0.5) is 5.82 Å². The summed E-state index contributed by atoms with van der Waals surface area (Å²) in [6.45, 7) is 4.15. The number of nitriles is 1. The maximum atomic E-state index is 9.51. The van der Waals surface area contributed by atoms with E-state index in [0.29, 0.717) is 17.4 Å². The Morgan fingerprint density at radius 3 is 2.25 bits per heavy atom. The van der Waals surface area contributed by atoms with Crippen molar-refractivity contribution in [2.24, 2.45) is 11.8 Å². The summed E-state index contributed by atoms with van der Waals surface area (Å²) in [6, 6.07) is 2.86. The highest BCUT2D eigenvalue weighted by molar-refractivity contribution is 5.57. The van der Waals surface area contributed by atoms with Gasteiger partial charge in [-0.1, -0.05) is 13.8 Å². The number of nitrogens with one attached hydrogen (secondary N) is 1. The molecule has 2 aliphatic rings. The second kappa shape index (κ2) is 5.40. The van der Waals surface area contributed by atoms with Gasteiger partial charge >= 0.3 is 0 Å². The molecular weight excluding hydrogens is 248 g/mol. The van der Waals surface area contributed by atoms with Crippen LogP contribution in [0, 0.1) is 23.2 Å². The van der Waals surface area contributed by atoms with Crippen molar-refractivity contribution >= 4 is 5.82 Å². The summed E-state index contributed by atoms with van der Waals surface area (Å²) in [5.41, 5.74) is 2.74. The molecule has 20 heavy (non-hydrogen) atoms. The van der Waals surface area contributed by atoms with E-state index in [9.17, 15) is 5.26 Å². The molecule has 2 aliphatic carbocycles. The molecule has 0 atom stereocenters. The average Bonchev–Trinajstić information content (AvgIpc) is 3.36. The van der Waals surface area contributed by atoms with E-state index in [1.807, 2.05) is 0 Å². The summed E-state index contributed by atoms with van der Waals surface area (Å²) in [5, 5.41) is 21.7. The zero-order valence-electron chi connectivity index (χ0n) is 12.3. The lowest BCUT2D eigenvalue weighted by atomic mass is 10.0. The second-order valence-corrected chi connectivity index (χ2v) is 6.01. The summed E-state index contributed by atoms with van der Waals surface area (Å²) in [5.74, 6) is 2.28. The van der Waals surface area contributed by atoms with Crippen molar-refractivity contribution in [2.45, 2.75) is 58.4 Å². The number of aryl methyl sites for hydroxylation is 1. The molecule has 1 N–H and O–H groups in total. The minimum absolute atomic E-state index is 0.508. The van der Waals surface area contributed by atoms with Crippen LogP contribution >= 0.6 is 0 Å². The zero-order valence-corrected chi connectivity index (χ0v) is 12.3. The Morgan fingerprint density at radius 1 is 1.15 bits per heavy atom. The van der Waals surface area contributed by atoms with Crippen LogP contribution in [-0.2, 0) is 12.8 Å². The number of anilines is 1. The van der Waals surface area contributed by atoms with Crippen LogP contribution in [0.1, 0.15) is 56.4 Å². The summed E-state index contributed by atoms with van der Waals surface area (Å²) >= 11 is 0. The molecule has 106 valence electrons. The smallest absolute Gasteiger partial charge is 0.167 e. The standard InChI is InChI=1S/C16H22N4/c1-3-12-13(9-17)16(20-19-14(12)4-2)18-15(10-5-6-10)11-7-8-11/h10-11,15H,3-8H2,1-2H3,(H,18,20). The average molecular weight is 270 g/mol. The number of aromatic nitrogens is 2. The Labute approximate surface area is 120 Å². The SMILES string of the molecule is CCc1nnc(NC(C2CC2)C2CC2)c(C#N)c1CC. The lowest BCUT2D eigenvalue weighted by molar-refractivity contribution is 0.564. The molecule has 1 heterocycles. The molecule has 2 fully saturated rings. The summed E-state index contributed by atoms with van der Waals surface area (Å²) < 4.78 is 0. The van der Waals surface area contributed by atoms with Crippen LogP contribution in [0.5, 0.6) is 0 Å². The number of rotatable bonds is 6. The lowest BCUT2D eigenvalue weighted by Gasteiger charge is -2.20. The molecular formula is C16H22N4. The van der Waals surface area contributed by atoms with E-state index >= 15 is 0 Å². The minimum Gasteiger partial charge on any atom is -0.364 e. The first-order valence-electron chi connectivity index (χ1n) is 7.83. The molecule has 0 saturated heterocycles. The van der Waals surface area contributed by atoms with Crippen LogP contribution in [-0.4, -0.2) is 16.2 Å². The number of hydrogen-bond donors (Lipinski definition) is 1. The molecule has 0 aliphatic heterocycles. The summed E-state index contributed by atoms with van der Waals surface area (Å²) in [4.78, 5) is 0. The Hall–Kier alpha value is -1.63. The van der Waals surface area contributed by atoms with Crippen molar-refractivity contribution in [3.63, 3.8) is 0 Å². The predicted octanol–water partition coefficient (Wildman–Crippen LogP) is 3.07. The molecule has 0 unspecified atom stereocenters. The second-order valence-electron chi connectivity index (χ2n) is 6.01. The fourth-order valence-electron chi connectivity index (χ4n) is 3.08. The van der Waals surface area contributed by atoms with Crippen molar-refractivity contribution in [3.8, 4) is 6.07 Å². The zero-order chi connectivity index (χ0) is 14.1. The van der Waals surface area contributed by atoms with Gasteiger partial charge in [0.2, 0.25) is 0 Å². The topological polar surface area (TPSA) is 61.6 Å². The highest BCUT2D eigenvalue weighted by Gasteiger charge is 2.42. The van der Waals surface area contributed by atoms with Crippen molar-refractivity contribution in [1.29, 1.82) is 5.26 Å². The van der Waals surface area contributed by atoms with Gasteiger partial charge in [0.05, 0.1) is 5.69 Å². The quantitative estimate of drug-likeness (QED) is 0.863. The first kappa shape index (κ1) is 13.4. The minimum atomic E-state index is 0.508. The summed E-state index contributed by atoms with van der Waals surface area (Å²) in [6.07, 6.45) is 6.94. The van der Waals surface area contributed by atoms with Gasteiger partial charge in [0.25, 0.3) is 0 Å². The van der Waals surface area contributed by atoms with E-state index in [1.54, 1.807) is 0 Å². The van der Waals surface area contributed by atoms with E-state index in [4.69, 9.17) is 0 Å². The first-order chi connectivity index (χ1) is 9.78. The normalized spacial score (nSPS) is 18.1. The molecule has 0 radical (unpaired) electrons. The van der Waals surface area contributed by atoms with Gasteiger partial charge in [0.15, 0.2) is 5.82 Å². The fourth-order valence-corrected chi connectivity index (χ4v) is 3.08. The van der Waals surface area contributed by atoms with Gasteiger partial charge < -0.3 is 5.32 Å². The van der Waals surface area contributed by atoms with Crippen molar-refractivity contribution in [3.05, 3.63) is 16.8 Å². The largest absolute Gasteiger partial charge is 0.364 e. The van der Waals surface area contributed by atoms with E-state index in [0.717, 1.165) is 35.9 Å². The van der Waals surface area contributed by atoms with Crippen molar-refractivity contribution < 1.29 is 0 Å². The van der Waals surface area contributed by atoms with Gasteiger partial charge in [0.1, 0.15) is 11.6 Å². The van der Waals surface area contributed by atoms with Crippen LogP contribution in [0.3, 0.4) is 0 Å². The van der Waals surface area contributed by atoms with Gasteiger partial charge in [0, 0.05) is 6.04 Å². The molecule has 4 heteroatoms. The third-order valence-corrected chi connectivity index (χ3v) is 4.52. The van der Waals surface area contributed by atoms with Crippen LogP contribution in [0.25, 0.3) is 0 Å². The van der Waals surface area contributed by atoms with Gasteiger partial charge in [-0.25, -0.2) is 0 Å². The third kappa shape index (κ3) is 2.49. The Balaban J connectivity index is 1.90. The van der Waals surface area contributed by atoms with Crippen LogP contribution in [0.15, 0.2) is 0 Å². The molecule has 3 rings (SSSR count). The number of hydrogen-bond acceptors (Lipinski definition) is 4. The molecule has 2 saturated carbocycles. The van der Waals surface area contributed by atoms with E-state index < -0.39 is 0 Å². The van der Waals surface area contributed by atoms with Crippen LogP contribution < -0.4 is 5.32 Å². The molecule has 0 bridgehead atoms. The van der Waals surface area contributed by atoms with Gasteiger partial charge in [-0.2, -0.15) is 10.4 Å². The molecule has 1 aromatic rings. The predicted molar refractivity (Wildman–Crippen MR) is 78.4 cm³/mol. The van der Waals surface area contributed by atoms with Crippen molar-refractivity contribution in [1.82, 2.24) is 10.2 Å². The van der Waals surface area contributed by atoms with Gasteiger partial charge in [-0.3, -0.25) is 0 Å². The Morgan fingerprint density at radius 2 is 1.80 bits per heavy atom. The molecule has 4 nitrogen and oxygen atoms in total. The summed E-state index contributed by atoms with van der Waals surface area (Å²) in [7, 11) is 0. The van der Waals surface area contributed by atoms with E-state index in [2.05, 4.69) is 35.4 Å². The monoisotopic (exact) mass is 270 g/mol. The maximum absolute atomic E-state index is 9.51. The maximum Gasteiger partial charge on any atom is 0.167 e. The first-order valence-corrected chi connectivity index (χ1v) is 7.83. The Kier molecular flexibility index (Phi) is 3.60. The van der Waals surface area contributed by atoms with Gasteiger partial charge in [-0.15, -0.1) is 5.10 Å². The van der Waals surface area contributed by atoms with Crippen LogP contribution in [0.2, 0.25) is 0 Å². The molecule has 0 spiro atoms. The number of nitrogens with zero attached hydrogens (tertiary/aromatic N) is 3. The molecule has 0 amide bonds. The van der Waals surface area contributed by atoms with E-state index in [1.165, 1.54) is 25.7 Å². The van der Waals surface area contributed by atoms with Gasteiger partial charge in [-0.05, 0) is 55.9 Å². The third-order valence-electron chi connectivity index (χ3n) is 4.52. The highest BCUT2D eigenvalue weighted by Crippen LogP contribution is 2.46. The highest BCUT2D eigenvalue weighted by atomic mass is 15.2.